The van der Waals surface area contributed by atoms with Crippen LogP contribution in [-0.2, 0) is 4.74 Å². The number of hydrogen-bond donors (Lipinski definition) is 1. The summed E-state index contributed by atoms with van der Waals surface area (Å²) < 4.78 is 5.07. The molecule has 1 unspecified atom stereocenters. The summed E-state index contributed by atoms with van der Waals surface area (Å²) in [5.74, 6) is 1.36. The predicted octanol–water partition coefficient (Wildman–Crippen LogP) is 2.53. The second kappa shape index (κ2) is 9.91. The summed E-state index contributed by atoms with van der Waals surface area (Å²) in [6.45, 7) is 8.16. The molecule has 138 valence electrons. The van der Waals surface area contributed by atoms with Crippen LogP contribution in [0.15, 0.2) is 35.3 Å². The second-order valence-corrected chi connectivity index (χ2v) is 6.12. The van der Waals surface area contributed by atoms with Crippen molar-refractivity contribution >= 4 is 12.1 Å². The van der Waals surface area contributed by atoms with Gasteiger partial charge < -0.3 is 19.9 Å². The van der Waals surface area contributed by atoms with Crippen molar-refractivity contribution < 1.29 is 9.53 Å². The van der Waals surface area contributed by atoms with Crippen LogP contribution in [0.5, 0.6) is 0 Å². The van der Waals surface area contributed by atoms with Crippen LogP contribution >= 0.6 is 0 Å². The molecule has 1 aliphatic heterocycles. The normalized spacial score (nSPS) is 16.5. The molecular weight excluding hydrogens is 316 g/mol. The fourth-order valence-electron chi connectivity index (χ4n) is 3.09. The van der Waals surface area contributed by atoms with E-state index in [9.17, 15) is 4.79 Å². The van der Waals surface area contributed by atoms with E-state index in [0.29, 0.717) is 25.6 Å². The quantitative estimate of drug-likeness (QED) is 0.657. The van der Waals surface area contributed by atoms with Gasteiger partial charge in [-0.05, 0) is 18.9 Å². The summed E-state index contributed by atoms with van der Waals surface area (Å²) >= 11 is 0. The maximum Gasteiger partial charge on any atom is 0.409 e. The Bertz CT molecular complexity index is 554. The second-order valence-electron chi connectivity index (χ2n) is 6.12. The number of guanidine groups is 1. The number of rotatable bonds is 5. The first-order valence-electron chi connectivity index (χ1n) is 9.11. The number of carbonyl (C=O) groups excluding carboxylic acids is 1. The average Bonchev–Trinajstić information content (AvgIpc) is 2.66. The Hall–Kier alpha value is -2.24. The largest absolute Gasteiger partial charge is 0.450 e. The zero-order valence-corrected chi connectivity index (χ0v) is 15.6. The maximum atomic E-state index is 11.8. The molecule has 6 nitrogen and oxygen atoms in total. The number of piperazine rings is 1. The number of nitrogens with zero attached hydrogens (tertiary/aromatic N) is 3. The van der Waals surface area contributed by atoms with E-state index in [1.165, 1.54) is 5.56 Å². The van der Waals surface area contributed by atoms with Gasteiger partial charge in [0.25, 0.3) is 0 Å². The lowest BCUT2D eigenvalue weighted by molar-refractivity contribution is 0.0914. The number of carbonyl (C=O) groups is 1. The van der Waals surface area contributed by atoms with Crippen LogP contribution < -0.4 is 5.32 Å². The van der Waals surface area contributed by atoms with E-state index in [4.69, 9.17) is 4.74 Å². The van der Waals surface area contributed by atoms with Crippen LogP contribution in [0.3, 0.4) is 0 Å². The van der Waals surface area contributed by atoms with Gasteiger partial charge in [-0.3, -0.25) is 4.99 Å². The Morgan fingerprint density at radius 2 is 1.80 bits per heavy atom. The SMILES string of the molecule is CCOC(=O)N1CCN(C(=NC)NCC(CC)c2ccccc2)CC1. The summed E-state index contributed by atoms with van der Waals surface area (Å²) in [5, 5.41) is 3.50. The molecule has 25 heavy (non-hydrogen) atoms. The highest BCUT2D eigenvalue weighted by Crippen LogP contribution is 2.18. The van der Waals surface area contributed by atoms with Crippen molar-refractivity contribution in [1.82, 2.24) is 15.1 Å². The zero-order chi connectivity index (χ0) is 18.1. The van der Waals surface area contributed by atoms with Gasteiger partial charge in [0, 0.05) is 45.7 Å². The molecule has 0 saturated carbocycles. The lowest BCUT2D eigenvalue weighted by atomic mass is 9.96. The van der Waals surface area contributed by atoms with Crippen LogP contribution in [0, 0.1) is 0 Å². The molecule has 6 heteroatoms. The monoisotopic (exact) mass is 346 g/mol. The number of benzene rings is 1. The third-order valence-corrected chi connectivity index (χ3v) is 4.59. The Morgan fingerprint density at radius 1 is 1.16 bits per heavy atom. The molecule has 0 aromatic heterocycles. The zero-order valence-electron chi connectivity index (χ0n) is 15.6. The summed E-state index contributed by atoms with van der Waals surface area (Å²) in [6, 6.07) is 10.6. The third-order valence-electron chi connectivity index (χ3n) is 4.59. The molecule has 1 heterocycles. The van der Waals surface area contributed by atoms with Crippen molar-refractivity contribution in [2.75, 3.05) is 46.4 Å². The Morgan fingerprint density at radius 3 is 2.36 bits per heavy atom. The smallest absolute Gasteiger partial charge is 0.409 e. The first-order valence-corrected chi connectivity index (χ1v) is 9.11. The summed E-state index contributed by atoms with van der Waals surface area (Å²) in [4.78, 5) is 20.2. The van der Waals surface area contributed by atoms with Crippen molar-refractivity contribution in [1.29, 1.82) is 0 Å². The number of nitrogens with one attached hydrogen (secondary N) is 1. The first kappa shape index (κ1) is 19.1. The highest BCUT2D eigenvalue weighted by Gasteiger charge is 2.24. The molecule has 1 saturated heterocycles. The Labute approximate surface area is 150 Å². The molecule has 0 spiro atoms. The van der Waals surface area contributed by atoms with Crippen molar-refractivity contribution in [3.8, 4) is 0 Å². The highest BCUT2D eigenvalue weighted by molar-refractivity contribution is 5.80. The summed E-state index contributed by atoms with van der Waals surface area (Å²) in [5.41, 5.74) is 1.35. The molecule has 0 radical (unpaired) electrons. The Balaban J connectivity index is 1.86. The van der Waals surface area contributed by atoms with Crippen LogP contribution in [0.1, 0.15) is 31.7 Å². The molecule has 0 aliphatic carbocycles. The lowest BCUT2D eigenvalue weighted by Gasteiger charge is -2.36. The van der Waals surface area contributed by atoms with Crippen molar-refractivity contribution in [2.24, 2.45) is 4.99 Å². The molecule has 1 amide bonds. The van der Waals surface area contributed by atoms with Gasteiger partial charge in [-0.2, -0.15) is 0 Å². The molecule has 1 atom stereocenters. The molecule has 1 fully saturated rings. The highest BCUT2D eigenvalue weighted by atomic mass is 16.6. The van der Waals surface area contributed by atoms with Crippen molar-refractivity contribution in [3.63, 3.8) is 0 Å². The van der Waals surface area contributed by atoms with Crippen LogP contribution in [0.4, 0.5) is 4.79 Å². The fraction of sp³-hybridized carbons (Fsp3) is 0.579. The van der Waals surface area contributed by atoms with Crippen LogP contribution in [0.25, 0.3) is 0 Å². The molecular formula is C19H30N4O2. The van der Waals surface area contributed by atoms with Crippen LogP contribution in [0.2, 0.25) is 0 Å². The summed E-state index contributed by atoms with van der Waals surface area (Å²) in [7, 11) is 1.81. The van der Waals surface area contributed by atoms with E-state index >= 15 is 0 Å². The number of ether oxygens (including phenoxy) is 1. The van der Waals surface area contributed by atoms with Gasteiger partial charge in [0.2, 0.25) is 0 Å². The minimum atomic E-state index is -0.222. The number of amides is 1. The van der Waals surface area contributed by atoms with Gasteiger partial charge in [-0.1, -0.05) is 37.3 Å². The third kappa shape index (κ3) is 5.37. The van der Waals surface area contributed by atoms with Crippen LogP contribution in [-0.4, -0.2) is 68.2 Å². The molecule has 1 N–H and O–H groups in total. The van der Waals surface area contributed by atoms with Crippen molar-refractivity contribution in [3.05, 3.63) is 35.9 Å². The minimum Gasteiger partial charge on any atom is -0.450 e. The maximum absolute atomic E-state index is 11.8. The lowest BCUT2D eigenvalue weighted by Crippen LogP contribution is -2.54. The standard InChI is InChI=1S/C19H30N4O2/c1-4-16(17-9-7-6-8-10-17)15-21-18(20-3)22-11-13-23(14-12-22)19(24)25-5-2/h6-10,16H,4-5,11-15H2,1-3H3,(H,20,21). The average molecular weight is 346 g/mol. The molecule has 1 aliphatic rings. The van der Waals surface area contributed by atoms with Gasteiger partial charge in [0.15, 0.2) is 5.96 Å². The fourth-order valence-corrected chi connectivity index (χ4v) is 3.09. The Kier molecular flexibility index (Phi) is 7.57. The van der Waals surface area contributed by atoms with Gasteiger partial charge in [0.05, 0.1) is 6.61 Å². The van der Waals surface area contributed by atoms with Gasteiger partial charge in [0.1, 0.15) is 0 Å². The van der Waals surface area contributed by atoms with Gasteiger partial charge >= 0.3 is 6.09 Å². The van der Waals surface area contributed by atoms with E-state index in [1.807, 2.05) is 20.0 Å². The minimum absolute atomic E-state index is 0.222. The van der Waals surface area contributed by atoms with E-state index in [-0.39, 0.29) is 6.09 Å². The van der Waals surface area contributed by atoms with E-state index in [1.54, 1.807) is 4.90 Å². The topological polar surface area (TPSA) is 57.2 Å². The number of aliphatic imine (C=N–C) groups is 1. The molecule has 0 bridgehead atoms. The van der Waals surface area contributed by atoms with Crippen molar-refractivity contribution in [2.45, 2.75) is 26.2 Å². The number of hydrogen-bond acceptors (Lipinski definition) is 3. The van der Waals surface area contributed by atoms with E-state index in [0.717, 1.165) is 32.0 Å². The molecule has 1 aromatic rings. The molecule has 1 aromatic carbocycles. The first-order chi connectivity index (χ1) is 12.2. The van der Waals surface area contributed by atoms with Gasteiger partial charge in [-0.25, -0.2) is 4.79 Å². The summed E-state index contributed by atoms with van der Waals surface area (Å²) in [6.07, 6.45) is 0.852. The molecule has 2 rings (SSSR count). The van der Waals surface area contributed by atoms with E-state index in [2.05, 4.69) is 46.4 Å². The predicted molar refractivity (Wildman–Crippen MR) is 101 cm³/mol. The van der Waals surface area contributed by atoms with E-state index < -0.39 is 0 Å². The van der Waals surface area contributed by atoms with Gasteiger partial charge in [-0.15, -0.1) is 0 Å².